The summed E-state index contributed by atoms with van der Waals surface area (Å²) >= 11 is 0. The maximum atomic E-state index is 12.5. The lowest BCUT2D eigenvalue weighted by molar-refractivity contribution is -0.136. The quantitative estimate of drug-likeness (QED) is 0.113. The Bertz CT molecular complexity index is 1690. The van der Waals surface area contributed by atoms with Crippen molar-refractivity contribution in [2.45, 2.75) is 6.92 Å². The SMILES string of the molecule is COc1cc(/C=C/c2cccc3ccccc23)ccc1OC(=O)COc1ccc2c(C)cc(=O)oc2c1. The average Bonchev–Trinajstić information content (AvgIpc) is 2.91. The lowest BCUT2D eigenvalue weighted by Gasteiger charge is -2.11. The summed E-state index contributed by atoms with van der Waals surface area (Å²) in [5, 5.41) is 3.14. The van der Waals surface area contributed by atoms with E-state index in [9.17, 15) is 9.59 Å². The summed E-state index contributed by atoms with van der Waals surface area (Å²) < 4.78 is 21.7. The Hall–Kier alpha value is -4.84. The molecule has 0 saturated carbocycles. The Morgan fingerprint density at radius 2 is 1.70 bits per heavy atom. The number of methoxy groups -OCH3 is 1. The molecular weight excluding hydrogens is 468 g/mol. The molecule has 0 bridgehead atoms. The first-order valence-corrected chi connectivity index (χ1v) is 11.7. The van der Waals surface area contributed by atoms with Gasteiger partial charge in [0.1, 0.15) is 11.3 Å². The Morgan fingerprint density at radius 1 is 0.865 bits per heavy atom. The van der Waals surface area contributed by atoms with Crippen LogP contribution in [-0.4, -0.2) is 19.7 Å². The summed E-state index contributed by atoms with van der Waals surface area (Å²) in [5.74, 6) is 0.511. The molecule has 37 heavy (non-hydrogen) atoms. The van der Waals surface area contributed by atoms with E-state index in [-0.39, 0.29) is 6.61 Å². The summed E-state index contributed by atoms with van der Waals surface area (Å²) in [6.45, 7) is 1.50. The van der Waals surface area contributed by atoms with Gasteiger partial charge in [-0.15, -0.1) is 0 Å². The zero-order valence-electron chi connectivity index (χ0n) is 20.4. The van der Waals surface area contributed by atoms with Crippen LogP contribution in [0.3, 0.4) is 0 Å². The Labute approximate surface area is 213 Å². The van der Waals surface area contributed by atoms with Gasteiger partial charge in [0.2, 0.25) is 0 Å². The minimum atomic E-state index is -0.594. The predicted molar refractivity (Wildman–Crippen MR) is 144 cm³/mol. The molecule has 0 spiro atoms. The standard InChI is InChI=1S/C31H24O6/c1-20-16-30(32)37-28-18-24(13-14-25(20)28)35-19-31(33)36-27-15-11-21(17-29(27)34-2)10-12-23-8-5-7-22-6-3-4-9-26(22)23/h3-18H,19H2,1-2H3/b12-10+. The fourth-order valence-corrected chi connectivity index (χ4v) is 4.14. The molecule has 0 unspecified atom stereocenters. The highest BCUT2D eigenvalue weighted by molar-refractivity contribution is 5.93. The minimum absolute atomic E-state index is 0.290. The maximum absolute atomic E-state index is 12.5. The van der Waals surface area contributed by atoms with Crippen LogP contribution in [0.2, 0.25) is 0 Å². The minimum Gasteiger partial charge on any atom is -0.493 e. The molecule has 6 nitrogen and oxygen atoms in total. The second-order valence-corrected chi connectivity index (χ2v) is 8.48. The highest BCUT2D eigenvalue weighted by atomic mass is 16.6. The summed E-state index contributed by atoms with van der Waals surface area (Å²) in [6.07, 6.45) is 4.03. The third-order valence-electron chi connectivity index (χ3n) is 5.97. The topological polar surface area (TPSA) is 75.0 Å². The van der Waals surface area contributed by atoms with Gasteiger partial charge in [-0.1, -0.05) is 60.7 Å². The van der Waals surface area contributed by atoms with Gasteiger partial charge in [0.15, 0.2) is 18.1 Å². The highest BCUT2D eigenvalue weighted by Crippen LogP contribution is 2.30. The predicted octanol–water partition coefficient (Wildman–Crippen LogP) is 6.42. The normalized spacial score (nSPS) is 11.2. The maximum Gasteiger partial charge on any atom is 0.349 e. The molecule has 0 amide bonds. The van der Waals surface area contributed by atoms with Gasteiger partial charge in [0.25, 0.3) is 0 Å². The highest BCUT2D eigenvalue weighted by Gasteiger charge is 2.12. The fraction of sp³-hybridized carbons (Fsp3) is 0.0968. The number of ether oxygens (including phenoxy) is 3. The van der Waals surface area contributed by atoms with E-state index < -0.39 is 11.6 Å². The van der Waals surface area contributed by atoms with Crippen LogP contribution in [-0.2, 0) is 4.79 Å². The lowest BCUT2D eigenvalue weighted by Crippen LogP contribution is -2.18. The number of benzene rings is 4. The first-order valence-electron chi connectivity index (χ1n) is 11.7. The van der Waals surface area contributed by atoms with Crippen molar-refractivity contribution in [3.63, 3.8) is 0 Å². The molecule has 0 aliphatic rings. The molecule has 5 aromatic rings. The number of carbonyl (C=O) groups is 1. The van der Waals surface area contributed by atoms with E-state index >= 15 is 0 Å². The largest absolute Gasteiger partial charge is 0.493 e. The van der Waals surface area contributed by atoms with E-state index in [0.717, 1.165) is 22.1 Å². The molecular formula is C31H24O6. The van der Waals surface area contributed by atoms with Crippen molar-refractivity contribution < 1.29 is 23.4 Å². The molecule has 1 aromatic heterocycles. The van der Waals surface area contributed by atoms with Crippen LogP contribution in [0.25, 0.3) is 33.9 Å². The van der Waals surface area contributed by atoms with Gasteiger partial charge < -0.3 is 18.6 Å². The molecule has 184 valence electrons. The second-order valence-electron chi connectivity index (χ2n) is 8.48. The Balaban J connectivity index is 1.26. The number of hydrogen-bond donors (Lipinski definition) is 0. The average molecular weight is 493 g/mol. The summed E-state index contributed by atoms with van der Waals surface area (Å²) in [5.41, 5.74) is 2.76. The molecule has 4 aromatic carbocycles. The van der Waals surface area contributed by atoms with Crippen molar-refractivity contribution in [1.29, 1.82) is 0 Å². The van der Waals surface area contributed by atoms with Crippen LogP contribution in [0.4, 0.5) is 0 Å². The van der Waals surface area contributed by atoms with E-state index in [4.69, 9.17) is 18.6 Å². The summed E-state index contributed by atoms with van der Waals surface area (Å²) in [6, 6.07) is 26.2. The number of hydrogen-bond acceptors (Lipinski definition) is 6. The smallest absolute Gasteiger partial charge is 0.349 e. The number of carbonyl (C=O) groups excluding carboxylic acids is 1. The lowest BCUT2D eigenvalue weighted by atomic mass is 10.0. The first kappa shape index (κ1) is 23.9. The molecule has 1 heterocycles. The Morgan fingerprint density at radius 3 is 2.57 bits per heavy atom. The van der Waals surface area contributed by atoms with Crippen molar-refractivity contribution in [3.05, 3.63) is 112 Å². The van der Waals surface area contributed by atoms with Crippen molar-refractivity contribution in [1.82, 2.24) is 0 Å². The molecule has 6 heteroatoms. The van der Waals surface area contributed by atoms with E-state index in [1.807, 2.05) is 43.3 Å². The monoisotopic (exact) mass is 492 g/mol. The van der Waals surface area contributed by atoms with E-state index in [1.54, 1.807) is 30.3 Å². The van der Waals surface area contributed by atoms with Crippen LogP contribution in [0.5, 0.6) is 17.2 Å². The fourth-order valence-electron chi connectivity index (χ4n) is 4.14. The zero-order valence-corrected chi connectivity index (χ0v) is 20.4. The molecule has 5 rings (SSSR count). The molecule has 0 fully saturated rings. The number of fused-ring (bicyclic) bond motifs is 2. The third-order valence-corrected chi connectivity index (χ3v) is 5.97. The van der Waals surface area contributed by atoms with Gasteiger partial charge in [0.05, 0.1) is 7.11 Å². The van der Waals surface area contributed by atoms with Crippen molar-refractivity contribution in [2.24, 2.45) is 0 Å². The van der Waals surface area contributed by atoms with Gasteiger partial charge in [-0.3, -0.25) is 0 Å². The van der Waals surface area contributed by atoms with Crippen molar-refractivity contribution >= 4 is 39.9 Å². The third kappa shape index (κ3) is 5.38. The van der Waals surface area contributed by atoms with E-state index in [1.165, 1.54) is 23.9 Å². The summed E-state index contributed by atoms with van der Waals surface area (Å²) in [4.78, 5) is 24.1. The molecule has 0 saturated heterocycles. The van der Waals surface area contributed by atoms with Gasteiger partial charge >= 0.3 is 11.6 Å². The Kier molecular flexibility index (Phi) is 6.72. The van der Waals surface area contributed by atoms with Crippen LogP contribution >= 0.6 is 0 Å². The number of aryl methyl sites for hydroxylation is 1. The van der Waals surface area contributed by atoms with Crippen LogP contribution < -0.4 is 19.8 Å². The molecule has 0 aliphatic carbocycles. The summed E-state index contributed by atoms with van der Waals surface area (Å²) in [7, 11) is 1.52. The molecule has 0 N–H and O–H groups in total. The molecule has 0 aliphatic heterocycles. The van der Waals surface area contributed by atoms with Gasteiger partial charge in [0, 0.05) is 17.5 Å². The van der Waals surface area contributed by atoms with Gasteiger partial charge in [-0.25, -0.2) is 9.59 Å². The van der Waals surface area contributed by atoms with Crippen molar-refractivity contribution in [3.8, 4) is 17.2 Å². The van der Waals surface area contributed by atoms with E-state index in [2.05, 4.69) is 24.3 Å². The first-order chi connectivity index (χ1) is 18.0. The van der Waals surface area contributed by atoms with Gasteiger partial charge in [-0.2, -0.15) is 0 Å². The van der Waals surface area contributed by atoms with E-state index in [0.29, 0.717) is 22.8 Å². The zero-order chi connectivity index (χ0) is 25.8. The van der Waals surface area contributed by atoms with Gasteiger partial charge in [-0.05, 0) is 58.7 Å². The molecule has 0 atom stereocenters. The van der Waals surface area contributed by atoms with Crippen molar-refractivity contribution in [2.75, 3.05) is 13.7 Å². The molecule has 0 radical (unpaired) electrons. The number of esters is 1. The van der Waals surface area contributed by atoms with Crippen LogP contribution in [0.1, 0.15) is 16.7 Å². The number of rotatable bonds is 7. The second kappa shape index (κ2) is 10.4. The van der Waals surface area contributed by atoms with Crippen LogP contribution in [0.15, 0.2) is 94.1 Å². The van der Waals surface area contributed by atoms with Crippen LogP contribution in [0, 0.1) is 6.92 Å².